The Morgan fingerprint density at radius 3 is 2.31 bits per heavy atom. The smallest absolute Gasteiger partial charge is 0.235 e. The van der Waals surface area contributed by atoms with E-state index in [1.807, 2.05) is 0 Å². The summed E-state index contributed by atoms with van der Waals surface area (Å²) >= 11 is 0. The topological polar surface area (TPSA) is 198 Å². The van der Waals surface area contributed by atoms with Gasteiger partial charge in [0.05, 0.1) is 17.5 Å². The van der Waals surface area contributed by atoms with Gasteiger partial charge in [0.25, 0.3) is 0 Å². The van der Waals surface area contributed by atoms with Crippen LogP contribution in [0.3, 0.4) is 0 Å². The summed E-state index contributed by atoms with van der Waals surface area (Å²) in [5, 5.41) is 22.3. The number of carbonyl (C=O) groups is 6. The molecule has 0 aliphatic heterocycles. The third-order valence-corrected chi connectivity index (χ3v) is 7.74. The number of amides is 1. The fraction of sp³-hybridized carbons (Fsp3) is 0.500. The molecule has 4 rings (SSSR count). The van der Waals surface area contributed by atoms with Crippen molar-refractivity contribution in [2.45, 2.75) is 38.0 Å². The molecule has 1 aromatic carbocycles. The molecule has 0 aromatic heterocycles. The maximum absolute atomic E-state index is 13.7. The molecule has 0 bridgehead atoms. The number of nitrogens with two attached hydrogens (primary N) is 2. The third-order valence-electron chi connectivity index (χ3n) is 7.74. The molecule has 0 saturated heterocycles. The first kappa shape index (κ1) is 24.8. The van der Waals surface area contributed by atoms with Crippen LogP contribution in [-0.4, -0.2) is 75.7 Å². The highest BCUT2D eigenvalue weighted by molar-refractivity contribution is 6.32. The number of benzene rings is 1. The molecule has 6 N–H and O–H groups in total. The molecule has 3 aliphatic rings. The van der Waals surface area contributed by atoms with Gasteiger partial charge in [0.2, 0.25) is 5.91 Å². The number of primary amides is 1. The van der Waals surface area contributed by atoms with E-state index in [9.17, 15) is 39.0 Å². The molecule has 11 heteroatoms. The van der Waals surface area contributed by atoms with E-state index in [1.165, 1.54) is 32.0 Å². The standard InChI is InChI=1S/C24H27N3O8/c1-8(28)11-5-10(7-25)18(29)15-12(11)4-9-6-13-17(27(2)3)20(31)16(23(26)34)22(33)24(13,35)21(32)14(9)19(15)30/h5,9,13-14,16-17,29,35H,4,6-7,25H2,1-3H3,(H2,26,34)/t9-,13-,14?,16?,17-,24-/m1/s1. The number of hydrogen-bond donors (Lipinski definition) is 4. The maximum Gasteiger partial charge on any atom is 0.235 e. The summed E-state index contributed by atoms with van der Waals surface area (Å²) in [6.45, 7) is 1.13. The van der Waals surface area contributed by atoms with Crippen LogP contribution in [-0.2, 0) is 32.1 Å². The van der Waals surface area contributed by atoms with Crippen LogP contribution < -0.4 is 11.5 Å². The van der Waals surface area contributed by atoms with Crippen molar-refractivity contribution in [1.29, 1.82) is 0 Å². The third kappa shape index (κ3) is 3.22. The number of nitrogens with zero attached hydrogens (tertiary/aromatic N) is 1. The quantitative estimate of drug-likeness (QED) is 0.288. The van der Waals surface area contributed by atoms with Gasteiger partial charge in [0.15, 0.2) is 40.4 Å². The molecule has 186 valence electrons. The number of hydrogen-bond acceptors (Lipinski definition) is 10. The Kier molecular flexibility index (Phi) is 5.78. The van der Waals surface area contributed by atoms with Gasteiger partial charge < -0.3 is 21.7 Å². The Morgan fingerprint density at radius 2 is 1.80 bits per heavy atom. The van der Waals surface area contributed by atoms with Gasteiger partial charge in [-0.2, -0.15) is 0 Å². The normalized spacial score (nSPS) is 32.2. The van der Waals surface area contributed by atoms with Crippen molar-refractivity contribution in [3.05, 3.63) is 28.3 Å². The van der Waals surface area contributed by atoms with Crippen LogP contribution >= 0.6 is 0 Å². The van der Waals surface area contributed by atoms with Crippen LogP contribution in [0.1, 0.15) is 45.2 Å². The number of aromatic hydroxyl groups is 1. The predicted octanol–water partition coefficient (Wildman–Crippen LogP) is -1.47. The van der Waals surface area contributed by atoms with Gasteiger partial charge in [-0.15, -0.1) is 0 Å². The number of phenols is 1. The molecule has 6 atom stereocenters. The maximum atomic E-state index is 13.7. The van der Waals surface area contributed by atoms with E-state index < -0.39 is 70.1 Å². The molecule has 11 nitrogen and oxygen atoms in total. The number of carbonyl (C=O) groups excluding carboxylic acids is 6. The van der Waals surface area contributed by atoms with Crippen molar-refractivity contribution >= 4 is 34.8 Å². The molecule has 1 aromatic rings. The van der Waals surface area contributed by atoms with Crippen molar-refractivity contribution in [2.24, 2.45) is 35.1 Å². The van der Waals surface area contributed by atoms with Gasteiger partial charge in [-0.3, -0.25) is 33.7 Å². The van der Waals surface area contributed by atoms with Crippen LogP contribution in [0.15, 0.2) is 6.07 Å². The Balaban J connectivity index is 1.92. The van der Waals surface area contributed by atoms with Gasteiger partial charge in [-0.05, 0) is 51.4 Å². The molecule has 35 heavy (non-hydrogen) atoms. The first-order valence-electron chi connectivity index (χ1n) is 11.2. The summed E-state index contributed by atoms with van der Waals surface area (Å²) in [5.74, 6) is -11.7. The summed E-state index contributed by atoms with van der Waals surface area (Å²) in [4.78, 5) is 79.4. The zero-order valence-electron chi connectivity index (χ0n) is 19.5. The van der Waals surface area contributed by atoms with E-state index >= 15 is 0 Å². The lowest BCUT2D eigenvalue weighted by Crippen LogP contribution is -2.74. The van der Waals surface area contributed by atoms with Crippen LogP contribution in [0.4, 0.5) is 0 Å². The van der Waals surface area contributed by atoms with Gasteiger partial charge in [0, 0.05) is 23.6 Å². The Bertz CT molecular complexity index is 1220. The highest BCUT2D eigenvalue weighted by atomic mass is 16.3. The molecule has 1 amide bonds. The molecular formula is C24H27N3O8. The minimum Gasteiger partial charge on any atom is -0.507 e. The largest absolute Gasteiger partial charge is 0.507 e. The monoisotopic (exact) mass is 485 g/mol. The summed E-state index contributed by atoms with van der Waals surface area (Å²) in [6, 6.07) is 0.232. The zero-order chi connectivity index (χ0) is 26.1. The number of phenolic OH excluding ortho intramolecular Hbond substituents is 1. The molecule has 2 unspecified atom stereocenters. The van der Waals surface area contributed by atoms with Crippen molar-refractivity contribution in [3.8, 4) is 5.75 Å². The van der Waals surface area contributed by atoms with Gasteiger partial charge in [-0.1, -0.05) is 0 Å². The second-order valence-electron chi connectivity index (χ2n) is 9.84. The second-order valence-corrected chi connectivity index (χ2v) is 9.84. The van der Waals surface area contributed by atoms with Crippen LogP contribution in [0.5, 0.6) is 5.75 Å². The molecule has 2 fully saturated rings. The highest BCUT2D eigenvalue weighted by Crippen LogP contribution is 2.51. The lowest BCUT2D eigenvalue weighted by molar-refractivity contribution is -0.181. The van der Waals surface area contributed by atoms with E-state index in [4.69, 9.17) is 11.5 Å². The first-order valence-corrected chi connectivity index (χ1v) is 11.2. The molecule has 0 radical (unpaired) electrons. The first-order chi connectivity index (χ1) is 16.3. The molecule has 0 heterocycles. The summed E-state index contributed by atoms with van der Waals surface area (Å²) in [6.07, 6.45) is -0.0557. The van der Waals surface area contributed by atoms with E-state index in [-0.39, 0.29) is 47.4 Å². The number of fused-ring (bicyclic) bond motifs is 3. The zero-order valence-corrected chi connectivity index (χ0v) is 19.5. The Labute approximate surface area is 200 Å². The van der Waals surface area contributed by atoms with E-state index in [0.29, 0.717) is 0 Å². The lowest BCUT2D eigenvalue weighted by atomic mass is 9.52. The minimum atomic E-state index is -2.79. The van der Waals surface area contributed by atoms with Crippen LogP contribution in [0.2, 0.25) is 0 Å². The number of rotatable bonds is 4. The summed E-state index contributed by atoms with van der Waals surface area (Å²) in [5.41, 5.74) is 8.53. The summed E-state index contributed by atoms with van der Waals surface area (Å²) in [7, 11) is 3.02. The molecule has 0 spiro atoms. The minimum absolute atomic E-state index is 0.0269. The van der Waals surface area contributed by atoms with Gasteiger partial charge >= 0.3 is 0 Å². The average Bonchev–Trinajstić information content (AvgIpc) is 2.75. The van der Waals surface area contributed by atoms with Crippen molar-refractivity contribution < 1.29 is 39.0 Å². The van der Waals surface area contributed by atoms with Gasteiger partial charge in [-0.25, -0.2) is 0 Å². The van der Waals surface area contributed by atoms with Crippen molar-refractivity contribution in [3.63, 3.8) is 0 Å². The van der Waals surface area contributed by atoms with Crippen LogP contribution in [0, 0.1) is 23.7 Å². The van der Waals surface area contributed by atoms with Crippen molar-refractivity contribution in [1.82, 2.24) is 4.90 Å². The number of ketones is 5. The molecule has 2 saturated carbocycles. The molecular weight excluding hydrogens is 458 g/mol. The average molecular weight is 485 g/mol. The van der Waals surface area contributed by atoms with Crippen LogP contribution in [0.25, 0.3) is 0 Å². The SMILES string of the molecule is CC(=O)c1cc(CN)c(O)c2c1C[C@@H]1C[C@@H]3[C@@H](N(C)C)C(=O)C(C(N)=O)C(=O)[C@]3(O)C(=O)C1C2=O. The van der Waals surface area contributed by atoms with E-state index in [1.54, 1.807) is 0 Å². The number of likely N-dealkylation sites (N-methyl/N-ethyl adjacent to an activating group) is 1. The predicted molar refractivity (Wildman–Crippen MR) is 119 cm³/mol. The Morgan fingerprint density at radius 1 is 1.17 bits per heavy atom. The number of aliphatic hydroxyl groups is 1. The fourth-order valence-corrected chi connectivity index (χ4v) is 6.20. The summed E-state index contributed by atoms with van der Waals surface area (Å²) < 4.78 is 0. The van der Waals surface area contributed by atoms with Crippen molar-refractivity contribution in [2.75, 3.05) is 14.1 Å². The van der Waals surface area contributed by atoms with Gasteiger partial charge in [0.1, 0.15) is 5.75 Å². The lowest BCUT2D eigenvalue weighted by Gasteiger charge is -2.52. The van der Waals surface area contributed by atoms with E-state index in [2.05, 4.69) is 0 Å². The highest BCUT2D eigenvalue weighted by Gasteiger charge is 2.69. The molecule has 3 aliphatic carbocycles. The van der Waals surface area contributed by atoms with E-state index in [0.717, 1.165) is 0 Å². The number of Topliss-reactive ketones (excluding diaryl/α,β-unsaturated/α-hetero) is 5. The second kappa shape index (κ2) is 8.14. The Hall–Kier alpha value is -3.28. The fourth-order valence-electron chi connectivity index (χ4n) is 6.20.